The standard InChI is InChI=1S/C16H24N2S/c1-11(2)14-10-19-15(18-14)17-13-8-6-12(7-9-13)16(3,4)5/h6-9,11,14H,10H2,1-5H3,(H,17,18)/t14-/m1/s1. The van der Waals surface area contributed by atoms with Crippen LogP contribution in [0.4, 0.5) is 5.69 Å². The van der Waals surface area contributed by atoms with Gasteiger partial charge in [-0.3, -0.25) is 4.99 Å². The number of hydrogen-bond acceptors (Lipinski definition) is 3. The number of hydrogen-bond donors (Lipinski definition) is 1. The van der Waals surface area contributed by atoms with Crippen LogP contribution in [-0.4, -0.2) is 17.0 Å². The smallest absolute Gasteiger partial charge is 0.161 e. The van der Waals surface area contributed by atoms with Crippen LogP contribution in [0.3, 0.4) is 0 Å². The summed E-state index contributed by atoms with van der Waals surface area (Å²) in [5, 5.41) is 4.47. The maximum Gasteiger partial charge on any atom is 0.161 e. The second-order valence-corrected chi connectivity index (χ2v) is 7.52. The van der Waals surface area contributed by atoms with Crippen LogP contribution in [-0.2, 0) is 5.41 Å². The Hall–Kier alpha value is -0.960. The fraction of sp³-hybridized carbons (Fsp3) is 0.562. The quantitative estimate of drug-likeness (QED) is 0.858. The SMILES string of the molecule is CC(C)[C@H]1CSC(Nc2ccc(C(C)(C)C)cc2)=N1. The van der Waals surface area contributed by atoms with Crippen molar-refractivity contribution >= 4 is 22.6 Å². The van der Waals surface area contributed by atoms with Gasteiger partial charge in [-0.15, -0.1) is 0 Å². The Balaban J connectivity index is 2.03. The molecule has 0 unspecified atom stereocenters. The Morgan fingerprint density at radius 1 is 1.21 bits per heavy atom. The third-order valence-corrected chi connectivity index (χ3v) is 4.43. The molecule has 1 aromatic rings. The number of thioether (sulfide) groups is 1. The molecule has 1 heterocycles. The average Bonchev–Trinajstić information content (AvgIpc) is 2.77. The first-order valence-electron chi connectivity index (χ1n) is 6.94. The van der Waals surface area contributed by atoms with Crippen molar-refractivity contribution in [2.75, 3.05) is 11.1 Å². The summed E-state index contributed by atoms with van der Waals surface area (Å²) >= 11 is 1.82. The van der Waals surface area contributed by atoms with Crippen LogP contribution in [0, 0.1) is 5.92 Å². The molecule has 1 aromatic carbocycles. The van der Waals surface area contributed by atoms with Crippen LogP contribution in [0.5, 0.6) is 0 Å². The van der Waals surface area contributed by atoms with E-state index in [1.165, 1.54) is 5.56 Å². The van der Waals surface area contributed by atoms with Crippen LogP contribution < -0.4 is 5.32 Å². The molecule has 0 saturated heterocycles. The van der Waals surface area contributed by atoms with Gasteiger partial charge in [0.05, 0.1) is 6.04 Å². The lowest BCUT2D eigenvalue weighted by atomic mass is 9.87. The average molecular weight is 276 g/mol. The summed E-state index contributed by atoms with van der Waals surface area (Å²) < 4.78 is 0. The number of aliphatic imine (C=N–C) groups is 1. The molecular formula is C16H24N2S. The molecule has 2 nitrogen and oxygen atoms in total. The monoisotopic (exact) mass is 276 g/mol. The molecule has 0 fully saturated rings. The molecule has 0 saturated carbocycles. The molecule has 0 aromatic heterocycles. The third kappa shape index (κ3) is 3.75. The Morgan fingerprint density at radius 2 is 1.84 bits per heavy atom. The molecule has 0 amide bonds. The minimum atomic E-state index is 0.209. The lowest BCUT2D eigenvalue weighted by molar-refractivity contribution is 0.543. The van der Waals surface area contributed by atoms with E-state index in [-0.39, 0.29) is 5.41 Å². The first-order chi connectivity index (χ1) is 8.86. The van der Waals surface area contributed by atoms with E-state index in [2.05, 4.69) is 64.2 Å². The van der Waals surface area contributed by atoms with Crippen LogP contribution in [0.25, 0.3) is 0 Å². The highest BCUT2D eigenvalue weighted by molar-refractivity contribution is 8.14. The molecule has 1 aliphatic rings. The maximum atomic E-state index is 4.72. The molecule has 1 aliphatic heterocycles. The van der Waals surface area contributed by atoms with Gasteiger partial charge >= 0.3 is 0 Å². The molecule has 19 heavy (non-hydrogen) atoms. The van der Waals surface area contributed by atoms with E-state index in [9.17, 15) is 0 Å². The summed E-state index contributed by atoms with van der Waals surface area (Å²) in [4.78, 5) is 4.72. The summed E-state index contributed by atoms with van der Waals surface area (Å²) in [6.45, 7) is 11.2. The molecule has 0 radical (unpaired) electrons. The van der Waals surface area contributed by atoms with Gasteiger partial charge in [0.1, 0.15) is 0 Å². The molecule has 0 spiro atoms. The zero-order valence-corrected chi connectivity index (χ0v) is 13.3. The number of benzene rings is 1. The van der Waals surface area contributed by atoms with Crippen molar-refractivity contribution in [3.8, 4) is 0 Å². The van der Waals surface area contributed by atoms with Gasteiger partial charge in [0.25, 0.3) is 0 Å². The molecule has 104 valence electrons. The molecule has 2 rings (SSSR count). The van der Waals surface area contributed by atoms with Crippen molar-refractivity contribution in [3.63, 3.8) is 0 Å². The Morgan fingerprint density at radius 3 is 2.32 bits per heavy atom. The van der Waals surface area contributed by atoms with E-state index >= 15 is 0 Å². The predicted octanol–water partition coefficient (Wildman–Crippen LogP) is 4.52. The zero-order chi connectivity index (χ0) is 14.0. The fourth-order valence-corrected chi connectivity index (χ4v) is 3.16. The van der Waals surface area contributed by atoms with Crippen molar-refractivity contribution in [1.29, 1.82) is 0 Å². The van der Waals surface area contributed by atoms with Gasteiger partial charge in [0.2, 0.25) is 0 Å². The van der Waals surface area contributed by atoms with Gasteiger partial charge < -0.3 is 5.32 Å². The number of amidine groups is 1. The lowest BCUT2D eigenvalue weighted by Crippen LogP contribution is -2.12. The van der Waals surface area contributed by atoms with Gasteiger partial charge in [-0.05, 0) is 29.0 Å². The Kier molecular flexibility index (Phi) is 4.24. The largest absolute Gasteiger partial charge is 0.335 e. The zero-order valence-electron chi connectivity index (χ0n) is 12.5. The first-order valence-corrected chi connectivity index (χ1v) is 7.93. The highest BCUT2D eigenvalue weighted by Gasteiger charge is 2.21. The van der Waals surface area contributed by atoms with Crippen molar-refractivity contribution in [1.82, 2.24) is 0 Å². The van der Waals surface area contributed by atoms with E-state index in [4.69, 9.17) is 4.99 Å². The molecular weight excluding hydrogens is 252 g/mol. The van der Waals surface area contributed by atoms with E-state index in [1.54, 1.807) is 0 Å². The second-order valence-electron chi connectivity index (χ2n) is 6.51. The van der Waals surface area contributed by atoms with Crippen LogP contribution >= 0.6 is 11.8 Å². The van der Waals surface area contributed by atoms with Gasteiger partial charge in [-0.2, -0.15) is 0 Å². The van der Waals surface area contributed by atoms with Crippen LogP contribution in [0.1, 0.15) is 40.2 Å². The minimum Gasteiger partial charge on any atom is -0.335 e. The summed E-state index contributed by atoms with van der Waals surface area (Å²) in [7, 11) is 0. The summed E-state index contributed by atoms with van der Waals surface area (Å²) in [6, 6.07) is 9.14. The number of rotatable bonds is 2. The molecule has 3 heteroatoms. The fourth-order valence-electron chi connectivity index (χ4n) is 1.98. The van der Waals surface area contributed by atoms with E-state index in [1.807, 2.05) is 11.8 Å². The highest BCUT2D eigenvalue weighted by Crippen LogP contribution is 2.26. The minimum absolute atomic E-state index is 0.209. The molecule has 0 aliphatic carbocycles. The topological polar surface area (TPSA) is 24.4 Å². The first kappa shape index (κ1) is 14.4. The van der Waals surface area contributed by atoms with Crippen molar-refractivity contribution in [2.45, 2.75) is 46.1 Å². The summed E-state index contributed by atoms with van der Waals surface area (Å²) in [5.74, 6) is 1.72. The highest BCUT2D eigenvalue weighted by atomic mass is 32.2. The van der Waals surface area contributed by atoms with Crippen LogP contribution in [0.15, 0.2) is 29.3 Å². The Bertz CT molecular complexity index is 455. The molecule has 1 atom stereocenters. The van der Waals surface area contributed by atoms with Gasteiger partial charge in [-0.25, -0.2) is 0 Å². The number of nitrogens with one attached hydrogen (secondary N) is 1. The third-order valence-electron chi connectivity index (χ3n) is 3.45. The second kappa shape index (κ2) is 5.58. The summed E-state index contributed by atoms with van der Waals surface area (Å²) in [5.41, 5.74) is 2.70. The summed E-state index contributed by atoms with van der Waals surface area (Å²) in [6.07, 6.45) is 0. The van der Waals surface area contributed by atoms with Crippen LogP contribution in [0.2, 0.25) is 0 Å². The van der Waals surface area contributed by atoms with E-state index < -0.39 is 0 Å². The number of anilines is 1. The Labute approximate surface area is 121 Å². The number of nitrogens with zero attached hydrogens (tertiary/aromatic N) is 1. The lowest BCUT2D eigenvalue weighted by Gasteiger charge is -2.19. The van der Waals surface area contributed by atoms with Crippen molar-refractivity contribution in [2.24, 2.45) is 10.9 Å². The van der Waals surface area contributed by atoms with Gasteiger partial charge in [0.15, 0.2) is 5.17 Å². The van der Waals surface area contributed by atoms with Crippen molar-refractivity contribution in [3.05, 3.63) is 29.8 Å². The van der Waals surface area contributed by atoms with Crippen molar-refractivity contribution < 1.29 is 0 Å². The van der Waals surface area contributed by atoms with Gasteiger partial charge in [0, 0.05) is 11.4 Å². The maximum absolute atomic E-state index is 4.72. The van der Waals surface area contributed by atoms with E-state index in [0.717, 1.165) is 16.6 Å². The normalized spacial score (nSPS) is 19.7. The molecule has 1 N–H and O–H groups in total. The molecule has 0 bridgehead atoms. The van der Waals surface area contributed by atoms with Gasteiger partial charge in [-0.1, -0.05) is 58.5 Å². The van der Waals surface area contributed by atoms with E-state index in [0.29, 0.717) is 12.0 Å². The predicted molar refractivity (Wildman–Crippen MR) is 87.3 cm³/mol.